The second kappa shape index (κ2) is 7.32. The molecule has 1 aromatic heterocycles. The fourth-order valence-corrected chi connectivity index (χ4v) is 2.68. The highest BCUT2D eigenvalue weighted by Gasteiger charge is 2.26. The number of aromatic nitrogens is 1. The molecule has 0 radical (unpaired) electrons. The Kier molecular flexibility index (Phi) is 5.44. The van der Waals surface area contributed by atoms with E-state index in [1.165, 1.54) is 29.5 Å². The molecule has 1 atom stereocenters. The summed E-state index contributed by atoms with van der Waals surface area (Å²) in [6.07, 6.45) is 0. The Morgan fingerprint density at radius 3 is 2.52 bits per heavy atom. The number of halogens is 1. The number of carbonyl (C=O) groups excluding carboxylic acids is 2. The van der Waals surface area contributed by atoms with E-state index in [0.717, 1.165) is 5.69 Å². The minimum atomic E-state index is -0.786. The number of nitrogens with one attached hydrogen (secondary N) is 2. The van der Waals surface area contributed by atoms with Gasteiger partial charge in [0, 0.05) is 5.38 Å². The quantitative estimate of drug-likeness (QED) is 0.882. The lowest BCUT2D eigenvalue weighted by atomic mass is 10.0. The Balaban J connectivity index is 2.10. The minimum Gasteiger partial charge on any atom is -0.340 e. The molecule has 1 aromatic carbocycles. The highest BCUT2D eigenvalue weighted by molar-refractivity contribution is 7.13. The lowest BCUT2D eigenvalue weighted by Crippen LogP contribution is -2.47. The van der Waals surface area contributed by atoms with Crippen LogP contribution in [0.4, 0.5) is 9.52 Å². The molecule has 7 heteroatoms. The second-order valence-electron chi connectivity index (χ2n) is 5.46. The molecule has 0 fully saturated rings. The Labute approximate surface area is 137 Å². The van der Waals surface area contributed by atoms with Crippen molar-refractivity contribution < 1.29 is 14.0 Å². The molecule has 0 aliphatic heterocycles. The largest absolute Gasteiger partial charge is 0.340 e. The average molecular weight is 335 g/mol. The fraction of sp³-hybridized carbons (Fsp3) is 0.312. The summed E-state index contributed by atoms with van der Waals surface area (Å²) in [6.45, 7) is 5.43. The van der Waals surface area contributed by atoms with Crippen LogP contribution in [-0.4, -0.2) is 22.8 Å². The Morgan fingerprint density at radius 2 is 1.96 bits per heavy atom. The maximum absolute atomic E-state index is 13.7. The number of nitrogens with zero attached hydrogens (tertiary/aromatic N) is 1. The lowest BCUT2D eigenvalue weighted by Gasteiger charge is -2.21. The van der Waals surface area contributed by atoms with E-state index in [1.54, 1.807) is 19.9 Å². The molecule has 2 amide bonds. The van der Waals surface area contributed by atoms with E-state index in [9.17, 15) is 14.0 Å². The number of hydrogen-bond donors (Lipinski definition) is 2. The lowest BCUT2D eigenvalue weighted by molar-refractivity contribution is -0.118. The number of rotatable bonds is 5. The number of aryl methyl sites for hydroxylation is 1. The number of amides is 2. The average Bonchev–Trinajstić information content (AvgIpc) is 2.89. The number of carbonyl (C=O) groups is 2. The van der Waals surface area contributed by atoms with Gasteiger partial charge in [0.25, 0.3) is 5.91 Å². The summed E-state index contributed by atoms with van der Waals surface area (Å²) < 4.78 is 13.7. The summed E-state index contributed by atoms with van der Waals surface area (Å²) in [4.78, 5) is 28.7. The molecule has 122 valence electrons. The van der Waals surface area contributed by atoms with Gasteiger partial charge in [-0.2, -0.15) is 0 Å². The van der Waals surface area contributed by atoms with E-state index in [1.807, 2.05) is 12.3 Å². The zero-order chi connectivity index (χ0) is 17.0. The van der Waals surface area contributed by atoms with E-state index in [0.29, 0.717) is 5.13 Å². The van der Waals surface area contributed by atoms with Crippen molar-refractivity contribution >= 4 is 28.3 Å². The minimum absolute atomic E-state index is 0.0870. The van der Waals surface area contributed by atoms with Crippen molar-refractivity contribution in [1.82, 2.24) is 10.3 Å². The molecule has 0 aliphatic rings. The van der Waals surface area contributed by atoms with Crippen molar-refractivity contribution in [3.8, 4) is 0 Å². The Bertz CT molecular complexity index is 715. The summed E-state index contributed by atoms with van der Waals surface area (Å²) in [5.41, 5.74) is 0.720. The summed E-state index contributed by atoms with van der Waals surface area (Å²) >= 11 is 1.31. The molecular formula is C16H18FN3O2S. The van der Waals surface area contributed by atoms with Crippen LogP contribution < -0.4 is 10.6 Å². The molecule has 1 heterocycles. The normalized spacial score (nSPS) is 12.0. The van der Waals surface area contributed by atoms with Gasteiger partial charge in [-0.3, -0.25) is 9.59 Å². The van der Waals surface area contributed by atoms with Crippen LogP contribution in [0.15, 0.2) is 29.6 Å². The van der Waals surface area contributed by atoms with Crippen LogP contribution in [0, 0.1) is 18.7 Å². The molecule has 0 spiro atoms. The molecule has 0 unspecified atom stereocenters. The van der Waals surface area contributed by atoms with Crippen molar-refractivity contribution in [2.45, 2.75) is 26.8 Å². The van der Waals surface area contributed by atoms with Crippen molar-refractivity contribution in [3.05, 3.63) is 46.7 Å². The van der Waals surface area contributed by atoms with E-state index >= 15 is 0 Å². The zero-order valence-corrected chi connectivity index (χ0v) is 13.9. The number of anilines is 1. The third-order valence-electron chi connectivity index (χ3n) is 3.20. The van der Waals surface area contributed by atoms with Gasteiger partial charge in [0.1, 0.15) is 11.9 Å². The van der Waals surface area contributed by atoms with Gasteiger partial charge < -0.3 is 10.6 Å². The maximum atomic E-state index is 13.7. The van der Waals surface area contributed by atoms with Crippen molar-refractivity contribution in [1.29, 1.82) is 0 Å². The molecule has 0 saturated heterocycles. The first-order valence-corrected chi connectivity index (χ1v) is 8.05. The molecule has 5 nitrogen and oxygen atoms in total. The monoisotopic (exact) mass is 335 g/mol. The predicted octanol–water partition coefficient (Wildman–Crippen LogP) is 2.98. The van der Waals surface area contributed by atoms with Crippen LogP contribution in [0.1, 0.15) is 29.9 Å². The third kappa shape index (κ3) is 4.35. The molecule has 2 rings (SSSR count). The fourth-order valence-electron chi connectivity index (χ4n) is 1.99. The zero-order valence-electron chi connectivity index (χ0n) is 13.1. The Hall–Kier alpha value is -2.28. The molecular weight excluding hydrogens is 317 g/mol. The summed E-state index contributed by atoms with van der Waals surface area (Å²) in [6, 6.07) is 4.87. The van der Waals surface area contributed by atoms with Gasteiger partial charge in [-0.15, -0.1) is 11.3 Å². The van der Waals surface area contributed by atoms with Crippen LogP contribution in [0.2, 0.25) is 0 Å². The van der Waals surface area contributed by atoms with Crippen LogP contribution in [-0.2, 0) is 4.79 Å². The first-order chi connectivity index (χ1) is 10.9. The van der Waals surface area contributed by atoms with Crippen LogP contribution in [0.25, 0.3) is 0 Å². The summed E-state index contributed by atoms with van der Waals surface area (Å²) in [5.74, 6) is -1.78. The molecule has 2 aromatic rings. The predicted molar refractivity (Wildman–Crippen MR) is 88.0 cm³/mol. The van der Waals surface area contributed by atoms with E-state index in [-0.39, 0.29) is 17.4 Å². The number of benzene rings is 1. The van der Waals surface area contributed by atoms with Gasteiger partial charge in [-0.1, -0.05) is 26.0 Å². The van der Waals surface area contributed by atoms with Gasteiger partial charge in [-0.25, -0.2) is 9.37 Å². The van der Waals surface area contributed by atoms with E-state index in [4.69, 9.17) is 0 Å². The molecule has 0 aliphatic carbocycles. The van der Waals surface area contributed by atoms with Crippen LogP contribution in [0.3, 0.4) is 0 Å². The SMILES string of the molecule is Cc1csc(NC(=O)[C@H](NC(=O)c2ccccc2F)C(C)C)n1. The van der Waals surface area contributed by atoms with E-state index < -0.39 is 17.8 Å². The molecule has 0 bridgehead atoms. The van der Waals surface area contributed by atoms with Gasteiger partial charge >= 0.3 is 0 Å². The first-order valence-electron chi connectivity index (χ1n) is 7.17. The highest BCUT2D eigenvalue weighted by Crippen LogP contribution is 2.16. The summed E-state index contributed by atoms with van der Waals surface area (Å²) in [5, 5.41) is 7.55. The molecule has 0 saturated carbocycles. The topological polar surface area (TPSA) is 71.1 Å². The van der Waals surface area contributed by atoms with Gasteiger partial charge in [0.2, 0.25) is 5.91 Å². The maximum Gasteiger partial charge on any atom is 0.254 e. The van der Waals surface area contributed by atoms with Crippen LogP contribution in [0.5, 0.6) is 0 Å². The number of thiazole rings is 1. The standard InChI is InChI=1S/C16H18FN3O2S/c1-9(2)13(15(22)20-16-18-10(3)8-23-16)19-14(21)11-6-4-5-7-12(11)17/h4-9,13H,1-3H3,(H,19,21)(H,18,20,22)/t13-/m1/s1. The van der Waals surface area contributed by atoms with Crippen molar-refractivity contribution in [2.75, 3.05) is 5.32 Å². The number of hydrogen-bond acceptors (Lipinski definition) is 4. The summed E-state index contributed by atoms with van der Waals surface area (Å²) in [7, 11) is 0. The smallest absolute Gasteiger partial charge is 0.254 e. The highest BCUT2D eigenvalue weighted by atomic mass is 32.1. The third-order valence-corrected chi connectivity index (χ3v) is 4.08. The molecule has 23 heavy (non-hydrogen) atoms. The Morgan fingerprint density at radius 1 is 1.26 bits per heavy atom. The first kappa shape index (κ1) is 17.1. The van der Waals surface area contributed by atoms with Crippen molar-refractivity contribution in [2.24, 2.45) is 5.92 Å². The van der Waals surface area contributed by atoms with E-state index in [2.05, 4.69) is 15.6 Å². The second-order valence-corrected chi connectivity index (χ2v) is 6.32. The van der Waals surface area contributed by atoms with Gasteiger partial charge in [0.05, 0.1) is 11.3 Å². The molecule has 2 N–H and O–H groups in total. The van der Waals surface area contributed by atoms with Gasteiger partial charge in [0.15, 0.2) is 5.13 Å². The van der Waals surface area contributed by atoms with Crippen molar-refractivity contribution in [3.63, 3.8) is 0 Å². The van der Waals surface area contributed by atoms with Gasteiger partial charge in [-0.05, 0) is 25.0 Å². The van der Waals surface area contributed by atoms with Crippen LogP contribution >= 0.6 is 11.3 Å².